The minimum Gasteiger partial charge on any atom is -0.353 e. The SMILES string of the molecule is CC[C@H](C)NC(=O)[C@@H]1CCCN(c2nnc(N3CCCC3=O)s2)C1. The Bertz CT molecular complexity index is 605. The average Bonchev–Trinajstić information content (AvgIpc) is 3.23. The summed E-state index contributed by atoms with van der Waals surface area (Å²) in [5.41, 5.74) is 0. The number of nitrogens with one attached hydrogen (secondary N) is 1. The summed E-state index contributed by atoms with van der Waals surface area (Å²) in [6.45, 7) is 6.39. The van der Waals surface area contributed by atoms with Gasteiger partial charge in [0.15, 0.2) is 0 Å². The lowest BCUT2D eigenvalue weighted by Gasteiger charge is -2.32. The Kier molecular flexibility index (Phi) is 5.33. The molecular weight excluding hydrogens is 326 g/mol. The van der Waals surface area contributed by atoms with Gasteiger partial charge in [-0.15, -0.1) is 10.2 Å². The van der Waals surface area contributed by atoms with Gasteiger partial charge in [0.1, 0.15) is 0 Å². The summed E-state index contributed by atoms with van der Waals surface area (Å²) in [7, 11) is 0. The van der Waals surface area contributed by atoms with Crippen molar-refractivity contribution in [2.24, 2.45) is 5.92 Å². The van der Waals surface area contributed by atoms with E-state index in [1.165, 1.54) is 11.3 Å². The van der Waals surface area contributed by atoms with Gasteiger partial charge in [0.2, 0.25) is 22.1 Å². The lowest BCUT2D eigenvalue weighted by Crippen LogP contribution is -2.45. The van der Waals surface area contributed by atoms with Gasteiger partial charge in [-0.2, -0.15) is 0 Å². The van der Waals surface area contributed by atoms with Crippen molar-refractivity contribution < 1.29 is 9.59 Å². The highest BCUT2D eigenvalue weighted by Crippen LogP contribution is 2.32. The minimum absolute atomic E-state index is 0.00600. The van der Waals surface area contributed by atoms with E-state index in [1.807, 2.05) is 6.92 Å². The van der Waals surface area contributed by atoms with Gasteiger partial charge in [0.05, 0.1) is 5.92 Å². The van der Waals surface area contributed by atoms with Crippen LogP contribution < -0.4 is 15.1 Å². The fourth-order valence-electron chi connectivity index (χ4n) is 3.12. The fourth-order valence-corrected chi connectivity index (χ4v) is 4.05. The molecule has 0 radical (unpaired) electrons. The number of carbonyl (C=O) groups is 2. The molecular formula is C16H25N5O2S. The molecule has 2 aliphatic heterocycles. The third-order valence-corrected chi connectivity index (χ3v) is 5.78. The molecule has 24 heavy (non-hydrogen) atoms. The average molecular weight is 351 g/mol. The number of piperidine rings is 1. The Morgan fingerprint density at radius 2 is 2.12 bits per heavy atom. The summed E-state index contributed by atoms with van der Waals surface area (Å²) in [6, 6.07) is 0.210. The Morgan fingerprint density at radius 1 is 1.33 bits per heavy atom. The Hall–Kier alpha value is -1.70. The second-order valence-electron chi connectivity index (χ2n) is 6.62. The normalized spacial score (nSPS) is 22.8. The molecule has 2 amide bonds. The number of anilines is 2. The van der Waals surface area contributed by atoms with E-state index in [2.05, 4.69) is 27.3 Å². The molecule has 2 atom stereocenters. The van der Waals surface area contributed by atoms with Crippen LogP contribution in [0.25, 0.3) is 0 Å². The van der Waals surface area contributed by atoms with Crippen LogP contribution in [0.1, 0.15) is 46.0 Å². The van der Waals surface area contributed by atoms with E-state index < -0.39 is 0 Å². The minimum atomic E-state index is -0.00600. The first-order chi connectivity index (χ1) is 11.6. The summed E-state index contributed by atoms with van der Waals surface area (Å²) in [5, 5.41) is 13.0. The monoisotopic (exact) mass is 351 g/mol. The van der Waals surface area contributed by atoms with Crippen LogP contribution in [0.15, 0.2) is 0 Å². The molecule has 0 aliphatic carbocycles. The molecule has 8 heteroatoms. The van der Waals surface area contributed by atoms with Gasteiger partial charge < -0.3 is 10.2 Å². The predicted molar refractivity (Wildman–Crippen MR) is 94.3 cm³/mol. The molecule has 7 nitrogen and oxygen atoms in total. The summed E-state index contributed by atoms with van der Waals surface area (Å²) in [6.07, 6.45) is 4.29. The molecule has 2 aliphatic rings. The molecule has 3 rings (SSSR count). The Morgan fingerprint density at radius 3 is 2.83 bits per heavy atom. The molecule has 1 aromatic rings. The van der Waals surface area contributed by atoms with Crippen molar-refractivity contribution in [1.29, 1.82) is 0 Å². The van der Waals surface area contributed by atoms with E-state index in [9.17, 15) is 9.59 Å². The maximum absolute atomic E-state index is 12.4. The number of amides is 2. The van der Waals surface area contributed by atoms with Crippen molar-refractivity contribution in [1.82, 2.24) is 15.5 Å². The summed E-state index contributed by atoms with van der Waals surface area (Å²) in [5.74, 6) is 0.254. The van der Waals surface area contributed by atoms with Crippen LogP contribution in [0, 0.1) is 5.92 Å². The number of carbonyl (C=O) groups excluding carboxylic acids is 2. The third kappa shape index (κ3) is 3.68. The van der Waals surface area contributed by atoms with E-state index >= 15 is 0 Å². The summed E-state index contributed by atoms with van der Waals surface area (Å²) < 4.78 is 0. The second kappa shape index (κ2) is 7.46. The highest BCUT2D eigenvalue weighted by Gasteiger charge is 2.30. The molecule has 0 unspecified atom stereocenters. The first-order valence-corrected chi connectivity index (χ1v) is 9.59. The highest BCUT2D eigenvalue weighted by atomic mass is 32.1. The van der Waals surface area contributed by atoms with Crippen molar-refractivity contribution in [3.8, 4) is 0 Å². The predicted octanol–water partition coefficient (Wildman–Crippen LogP) is 1.80. The third-order valence-electron chi connectivity index (χ3n) is 4.77. The molecule has 0 aromatic carbocycles. The smallest absolute Gasteiger partial charge is 0.228 e. The van der Waals surface area contributed by atoms with E-state index in [4.69, 9.17) is 0 Å². The van der Waals surface area contributed by atoms with Crippen molar-refractivity contribution in [2.45, 2.75) is 52.0 Å². The van der Waals surface area contributed by atoms with Gasteiger partial charge in [-0.1, -0.05) is 18.3 Å². The molecule has 0 saturated carbocycles. The van der Waals surface area contributed by atoms with Gasteiger partial charge in [-0.3, -0.25) is 14.5 Å². The molecule has 0 bridgehead atoms. The first kappa shape index (κ1) is 17.1. The van der Waals surface area contributed by atoms with Crippen LogP contribution in [0.2, 0.25) is 0 Å². The number of rotatable bonds is 5. The second-order valence-corrected chi connectivity index (χ2v) is 7.55. The lowest BCUT2D eigenvalue weighted by molar-refractivity contribution is -0.125. The van der Waals surface area contributed by atoms with Crippen molar-refractivity contribution in [3.63, 3.8) is 0 Å². The van der Waals surface area contributed by atoms with E-state index in [1.54, 1.807) is 4.90 Å². The lowest BCUT2D eigenvalue weighted by atomic mass is 9.97. The van der Waals surface area contributed by atoms with Gasteiger partial charge >= 0.3 is 0 Å². The van der Waals surface area contributed by atoms with Crippen LogP contribution in [0.5, 0.6) is 0 Å². The van der Waals surface area contributed by atoms with Crippen molar-refractivity contribution in [2.75, 3.05) is 29.4 Å². The maximum atomic E-state index is 12.4. The van der Waals surface area contributed by atoms with Crippen molar-refractivity contribution in [3.05, 3.63) is 0 Å². The standard InChI is InChI=1S/C16H25N5O2S/c1-3-11(2)17-14(23)12-6-4-8-20(10-12)15-18-19-16(24-15)21-9-5-7-13(21)22/h11-12H,3-10H2,1-2H3,(H,17,23)/t11-,12+/m0/s1. The number of hydrogen-bond acceptors (Lipinski definition) is 6. The zero-order chi connectivity index (χ0) is 17.1. The first-order valence-electron chi connectivity index (χ1n) is 8.77. The zero-order valence-corrected chi connectivity index (χ0v) is 15.1. The number of hydrogen-bond donors (Lipinski definition) is 1. The highest BCUT2D eigenvalue weighted by molar-refractivity contribution is 7.19. The van der Waals surface area contributed by atoms with Crippen LogP contribution in [0.3, 0.4) is 0 Å². The van der Waals surface area contributed by atoms with E-state index in [-0.39, 0.29) is 23.8 Å². The largest absolute Gasteiger partial charge is 0.353 e. The molecule has 1 aromatic heterocycles. The maximum Gasteiger partial charge on any atom is 0.228 e. The fraction of sp³-hybridized carbons (Fsp3) is 0.750. The van der Waals surface area contributed by atoms with Gasteiger partial charge in [0, 0.05) is 32.1 Å². The van der Waals surface area contributed by atoms with E-state index in [0.717, 1.165) is 43.9 Å². The van der Waals surface area contributed by atoms with E-state index in [0.29, 0.717) is 18.1 Å². The molecule has 3 heterocycles. The molecule has 1 N–H and O–H groups in total. The van der Waals surface area contributed by atoms with Crippen LogP contribution in [-0.2, 0) is 9.59 Å². The Labute approximate surface area is 146 Å². The Balaban J connectivity index is 1.63. The van der Waals surface area contributed by atoms with Crippen LogP contribution in [-0.4, -0.2) is 47.7 Å². The molecule has 0 spiro atoms. The number of aromatic nitrogens is 2. The summed E-state index contributed by atoms with van der Waals surface area (Å²) in [4.78, 5) is 28.1. The number of nitrogens with zero attached hydrogens (tertiary/aromatic N) is 4. The summed E-state index contributed by atoms with van der Waals surface area (Å²) >= 11 is 1.45. The molecule has 2 fully saturated rings. The molecule has 2 saturated heterocycles. The zero-order valence-electron chi connectivity index (χ0n) is 14.3. The van der Waals surface area contributed by atoms with Gasteiger partial charge in [-0.25, -0.2) is 0 Å². The quantitative estimate of drug-likeness (QED) is 0.875. The van der Waals surface area contributed by atoms with Crippen LogP contribution >= 0.6 is 11.3 Å². The van der Waals surface area contributed by atoms with Crippen LogP contribution in [0.4, 0.5) is 10.3 Å². The molecule has 132 valence electrons. The topological polar surface area (TPSA) is 78.4 Å². The van der Waals surface area contributed by atoms with Crippen molar-refractivity contribution >= 4 is 33.4 Å². The van der Waals surface area contributed by atoms with Gasteiger partial charge in [0.25, 0.3) is 0 Å². The van der Waals surface area contributed by atoms with Gasteiger partial charge in [-0.05, 0) is 32.6 Å².